The Labute approximate surface area is 177 Å². The van der Waals surface area contributed by atoms with E-state index in [1.165, 1.54) is 50.1 Å². The van der Waals surface area contributed by atoms with E-state index in [0.717, 1.165) is 41.9 Å². The highest BCUT2D eigenvalue weighted by atomic mass is 32.1. The smallest absolute Gasteiger partial charge is 0.267 e. The lowest BCUT2D eigenvalue weighted by atomic mass is 9.95. The molecule has 0 unspecified atom stereocenters. The van der Waals surface area contributed by atoms with Gasteiger partial charge in [0.2, 0.25) is 0 Å². The lowest BCUT2D eigenvalue weighted by Gasteiger charge is -2.41. The second-order valence-corrected chi connectivity index (χ2v) is 9.32. The molecule has 2 fully saturated rings. The van der Waals surface area contributed by atoms with Crippen molar-refractivity contribution in [3.8, 4) is 0 Å². The number of anilines is 2. The van der Waals surface area contributed by atoms with Gasteiger partial charge >= 0.3 is 0 Å². The fraction of sp³-hybridized carbons (Fsp3) is 0.591. The molecule has 0 saturated carbocycles. The van der Waals surface area contributed by atoms with Crippen LogP contribution in [-0.4, -0.2) is 53.0 Å². The van der Waals surface area contributed by atoms with Crippen LogP contribution in [0.1, 0.15) is 54.9 Å². The molecule has 4 rings (SSSR count). The number of nitrogens with zero attached hydrogens (tertiary/aromatic N) is 4. The monoisotopic (exact) mass is 413 g/mol. The Morgan fingerprint density at radius 3 is 2.83 bits per heavy atom. The normalized spacial score (nSPS) is 21.3. The highest BCUT2D eigenvalue weighted by molar-refractivity contribution is 7.17. The van der Waals surface area contributed by atoms with Crippen molar-refractivity contribution in [3.05, 3.63) is 35.1 Å². The van der Waals surface area contributed by atoms with Gasteiger partial charge in [-0.25, -0.2) is 4.98 Å². The summed E-state index contributed by atoms with van der Waals surface area (Å²) in [6.07, 6.45) is 9.37. The van der Waals surface area contributed by atoms with Crippen LogP contribution in [0.3, 0.4) is 0 Å². The Morgan fingerprint density at radius 1 is 1.24 bits per heavy atom. The third-order valence-electron chi connectivity index (χ3n) is 6.09. The van der Waals surface area contributed by atoms with Crippen molar-refractivity contribution < 1.29 is 4.79 Å². The number of rotatable bonds is 5. The van der Waals surface area contributed by atoms with E-state index in [9.17, 15) is 4.79 Å². The van der Waals surface area contributed by atoms with Crippen LogP contribution in [0, 0.1) is 5.92 Å². The molecule has 2 aromatic heterocycles. The zero-order valence-corrected chi connectivity index (χ0v) is 18.2. The van der Waals surface area contributed by atoms with Crippen molar-refractivity contribution in [1.29, 1.82) is 0 Å². The van der Waals surface area contributed by atoms with Crippen molar-refractivity contribution in [2.75, 3.05) is 36.4 Å². The lowest BCUT2D eigenvalue weighted by molar-refractivity contribution is 0.103. The fourth-order valence-electron chi connectivity index (χ4n) is 4.44. The molecule has 156 valence electrons. The first kappa shape index (κ1) is 20.3. The van der Waals surface area contributed by atoms with Crippen LogP contribution >= 0.6 is 11.3 Å². The van der Waals surface area contributed by atoms with Crippen LogP contribution in [0.25, 0.3) is 0 Å². The molecule has 0 radical (unpaired) electrons. The van der Waals surface area contributed by atoms with E-state index in [1.54, 1.807) is 12.4 Å². The standard InChI is InChI=1S/C22H31N5OS/c1-3-17-13-18(6-9-23-17)25-21(28)20-14-24-22(29-20)26-11-7-19(8-12-26)27-10-4-5-16(2)15-27/h6,9,13-14,16,19H,3-5,7-8,10-12,15H2,1-2H3,(H,23,25,28)/t16-/m1/s1. The maximum absolute atomic E-state index is 12.6. The number of nitrogens with one attached hydrogen (secondary N) is 1. The Balaban J connectivity index is 1.32. The van der Waals surface area contributed by atoms with Crippen molar-refractivity contribution in [2.24, 2.45) is 5.92 Å². The number of thiazole rings is 1. The second-order valence-electron chi connectivity index (χ2n) is 8.31. The van der Waals surface area contributed by atoms with Gasteiger partial charge in [0.05, 0.1) is 6.20 Å². The number of likely N-dealkylation sites (tertiary alicyclic amines) is 1. The minimum atomic E-state index is -0.0980. The Hall–Kier alpha value is -1.99. The summed E-state index contributed by atoms with van der Waals surface area (Å²) in [6, 6.07) is 4.45. The first-order valence-corrected chi connectivity index (χ1v) is 11.6. The molecule has 29 heavy (non-hydrogen) atoms. The van der Waals surface area contributed by atoms with E-state index in [2.05, 4.69) is 38.9 Å². The van der Waals surface area contributed by atoms with Crippen LogP contribution in [0.5, 0.6) is 0 Å². The SMILES string of the molecule is CCc1cc(NC(=O)c2cnc(N3CCC(N4CCC[C@@H](C)C4)CC3)s2)ccn1. The predicted octanol–water partition coefficient (Wildman–Crippen LogP) is 4.05. The van der Waals surface area contributed by atoms with Gasteiger partial charge in [-0.1, -0.05) is 25.2 Å². The molecule has 2 aliphatic rings. The fourth-order valence-corrected chi connectivity index (χ4v) is 5.30. The molecule has 2 saturated heterocycles. The summed E-state index contributed by atoms with van der Waals surface area (Å²) in [5.74, 6) is 0.731. The topological polar surface area (TPSA) is 61.4 Å². The molecule has 0 aliphatic carbocycles. The number of pyridine rings is 1. The summed E-state index contributed by atoms with van der Waals surface area (Å²) < 4.78 is 0. The Bertz CT molecular complexity index is 830. The van der Waals surface area contributed by atoms with Crippen molar-refractivity contribution in [2.45, 2.75) is 52.0 Å². The molecule has 2 aromatic rings. The third-order valence-corrected chi connectivity index (χ3v) is 7.15. The Morgan fingerprint density at radius 2 is 2.07 bits per heavy atom. The molecule has 1 N–H and O–H groups in total. The number of piperidine rings is 2. The van der Waals surface area contributed by atoms with Gasteiger partial charge in [-0.3, -0.25) is 14.7 Å². The molecule has 0 bridgehead atoms. The molecular formula is C22H31N5OS. The van der Waals surface area contributed by atoms with Crippen molar-refractivity contribution >= 4 is 28.1 Å². The highest BCUT2D eigenvalue weighted by Crippen LogP contribution is 2.29. The first-order valence-electron chi connectivity index (χ1n) is 10.8. The van der Waals surface area contributed by atoms with Crippen LogP contribution in [0.2, 0.25) is 0 Å². The molecule has 7 heteroatoms. The molecule has 0 spiro atoms. The van der Waals surface area contributed by atoms with Crippen molar-refractivity contribution in [3.63, 3.8) is 0 Å². The second kappa shape index (κ2) is 9.22. The van der Waals surface area contributed by atoms with Crippen LogP contribution in [0.4, 0.5) is 10.8 Å². The highest BCUT2D eigenvalue weighted by Gasteiger charge is 2.28. The van der Waals surface area contributed by atoms with Gasteiger partial charge in [-0.15, -0.1) is 0 Å². The zero-order valence-electron chi connectivity index (χ0n) is 17.4. The van der Waals surface area contributed by atoms with Crippen LogP contribution in [0.15, 0.2) is 24.5 Å². The number of aromatic nitrogens is 2. The largest absolute Gasteiger partial charge is 0.348 e. The van der Waals surface area contributed by atoms with E-state index in [1.807, 2.05) is 12.1 Å². The first-order chi connectivity index (χ1) is 14.1. The van der Waals surface area contributed by atoms with E-state index in [-0.39, 0.29) is 5.91 Å². The van der Waals surface area contributed by atoms with E-state index in [4.69, 9.17) is 0 Å². The summed E-state index contributed by atoms with van der Waals surface area (Å²) in [4.78, 5) is 27.1. The number of amides is 1. The quantitative estimate of drug-likeness (QED) is 0.801. The van der Waals surface area contributed by atoms with E-state index in [0.29, 0.717) is 10.9 Å². The van der Waals surface area contributed by atoms with E-state index >= 15 is 0 Å². The summed E-state index contributed by atoms with van der Waals surface area (Å²) in [7, 11) is 0. The summed E-state index contributed by atoms with van der Waals surface area (Å²) >= 11 is 1.49. The number of hydrogen-bond acceptors (Lipinski definition) is 6. The lowest BCUT2D eigenvalue weighted by Crippen LogP contribution is -2.48. The third kappa shape index (κ3) is 4.95. The van der Waals surface area contributed by atoms with Gasteiger partial charge < -0.3 is 10.2 Å². The van der Waals surface area contributed by atoms with Crippen LogP contribution < -0.4 is 10.2 Å². The van der Waals surface area contributed by atoms with Gasteiger partial charge in [0.15, 0.2) is 5.13 Å². The van der Waals surface area contributed by atoms with Gasteiger partial charge in [0, 0.05) is 43.3 Å². The van der Waals surface area contributed by atoms with Crippen molar-refractivity contribution in [1.82, 2.24) is 14.9 Å². The number of carbonyl (C=O) groups excluding carboxylic acids is 1. The average molecular weight is 414 g/mol. The zero-order chi connectivity index (χ0) is 20.2. The number of aryl methyl sites for hydroxylation is 1. The molecule has 0 aromatic carbocycles. The summed E-state index contributed by atoms with van der Waals surface area (Å²) in [5.41, 5.74) is 1.76. The number of hydrogen-bond donors (Lipinski definition) is 1. The van der Waals surface area contributed by atoms with Gasteiger partial charge in [-0.05, 0) is 56.7 Å². The summed E-state index contributed by atoms with van der Waals surface area (Å²) in [5, 5.41) is 3.93. The minimum Gasteiger partial charge on any atom is -0.348 e. The van der Waals surface area contributed by atoms with E-state index < -0.39 is 0 Å². The summed E-state index contributed by atoms with van der Waals surface area (Å²) in [6.45, 7) is 8.98. The molecular weight excluding hydrogens is 382 g/mol. The average Bonchev–Trinajstić information content (AvgIpc) is 3.24. The molecule has 6 nitrogen and oxygen atoms in total. The molecule has 2 aliphatic heterocycles. The van der Waals surface area contributed by atoms with Gasteiger partial charge in [-0.2, -0.15) is 0 Å². The van der Waals surface area contributed by atoms with Gasteiger partial charge in [0.25, 0.3) is 5.91 Å². The molecule has 1 amide bonds. The molecule has 4 heterocycles. The van der Waals surface area contributed by atoms with Gasteiger partial charge in [0.1, 0.15) is 4.88 Å². The Kier molecular flexibility index (Phi) is 6.45. The maximum atomic E-state index is 12.6. The van der Waals surface area contributed by atoms with Crippen LogP contribution in [-0.2, 0) is 6.42 Å². The number of carbonyl (C=O) groups is 1. The maximum Gasteiger partial charge on any atom is 0.267 e. The predicted molar refractivity (Wildman–Crippen MR) is 119 cm³/mol. The molecule has 1 atom stereocenters. The minimum absolute atomic E-state index is 0.0980.